The van der Waals surface area contributed by atoms with E-state index in [4.69, 9.17) is 4.42 Å². The molecule has 2 fully saturated rings. The van der Waals surface area contributed by atoms with Crippen LogP contribution in [0.3, 0.4) is 0 Å². The van der Waals surface area contributed by atoms with E-state index in [2.05, 4.69) is 14.8 Å². The lowest BCUT2D eigenvalue weighted by atomic mass is 10.0. The lowest BCUT2D eigenvalue weighted by Gasteiger charge is -2.29. The molecule has 2 saturated heterocycles. The number of hydrogen-bond donors (Lipinski definition) is 2. The van der Waals surface area contributed by atoms with Crippen molar-refractivity contribution in [3.63, 3.8) is 0 Å². The first kappa shape index (κ1) is 18.3. The fourth-order valence-corrected chi connectivity index (χ4v) is 4.59. The molecule has 2 N–H and O–H groups in total. The predicted molar refractivity (Wildman–Crippen MR) is 85.3 cm³/mol. The Hall–Kier alpha value is -1.09. The Morgan fingerprint density at radius 1 is 1.35 bits per heavy atom. The Balaban J connectivity index is 0.00000192. The highest BCUT2D eigenvalue weighted by Crippen LogP contribution is 2.28. The SMILES string of the molecule is COC(=O)c1cc(S(=O)(=O)NC2CC3CCC(C2)N3)oc1C.Cl. The van der Waals surface area contributed by atoms with E-state index in [0.29, 0.717) is 12.1 Å². The Morgan fingerprint density at radius 2 is 1.96 bits per heavy atom. The van der Waals surface area contributed by atoms with Crippen molar-refractivity contribution in [3.05, 3.63) is 17.4 Å². The van der Waals surface area contributed by atoms with Crippen molar-refractivity contribution in [1.82, 2.24) is 10.0 Å². The van der Waals surface area contributed by atoms with Crippen molar-refractivity contribution in [2.24, 2.45) is 0 Å². The third kappa shape index (κ3) is 3.71. The molecule has 1 aromatic heterocycles. The molecule has 0 spiro atoms. The Bertz CT molecular complexity index is 675. The van der Waals surface area contributed by atoms with Crippen molar-refractivity contribution < 1.29 is 22.4 Å². The molecular formula is C14H21ClN2O5S. The van der Waals surface area contributed by atoms with Gasteiger partial charge in [-0.25, -0.2) is 17.9 Å². The molecule has 0 amide bonds. The van der Waals surface area contributed by atoms with Crippen LogP contribution >= 0.6 is 12.4 Å². The lowest BCUT2D eigenvalue weighted by molar-refractivity contribution is 0.0598. The fraction of sp³-hybridized carbons (Fsp3) is 0.643. The number of aryl methyl sites for hydroxylation is 1. The normalized spacial score (nSPS) is 26.6. The van der Waals surface area contributed by atoms with E-state index in [9.17, 15) is 13.2 Å². The number of furan rings is 1. The Labute approximate surface area is 141 Å². The number of methoxy groups -OCH3 is 1. The van der Waals surface area contributed by atoms with Crippen LogP contribution in [-0.2, 0) is 14.8 Å². The number of ether oxygens (including phenoxy) is 1. The van der Waals surface area contributed by atoms with Crippen molar-refractivity contribution in [1.29, 1.82) is 0 Å². The average molecular weight is 365 g/mol. The van der Waals surface area contributed by atoms with Gasteiger partial charge in [0.2, 0.25) is 5.09 Å². The van der Waals surface area contributed by atoms with Gasteiger partial charge >= 0.3 is 5.97 Å². The minimum absolute atomic E-state index is 0. The third-order valence-corrected chi connectivity index (χ3v) is 5.73. The minimum Gasteiger partial charge on any atom is -0.465 e. The topological polar surface area (TPSA) is 97.6 Å². The molecule has 0 radical (unpaired) electrons. The molecule has 2 bridgehead atoms. The van der Waals surface area contributed by atoms with E-state index in [1.807, 2.05) is 0 Å². The monoisotopic (exact) mass is 364 g/mol. The van der Waals surface area contributed by atoms with Crippen molar-refractivity contribution in [2.75, 3.05) is 7.11 Å². The van der Waals surface area contributed by atoms with Crippen LogP contribution in [0, 0.1) is 6.92 Å². The molecule has 3 rings (SSSR count). The second-order valence-corrected chi connectivity index (χ2v) is 7.60. The molecule has 130 valence electrons. The van der Waals surface area contributed by atoms with Crippen LogP contribution in [0.2, 0.25) is 0 Å². The highest BCUT2D eigenvalue weighted by molar-refractivity contribution is 7.89. The fourth-order valence-electron chi connectivity index (χ4n) is 3.33. The van der Waals surface area contributed by atoms with E-state index >= 15 is 0 Å². The van der Waals surface area contributed by atoms with Gasteiger partial charge in [-0.05, 0) is 32.6 Å². The summed E-state index contributed by atoms with van der Waals surface area (Å²) in [5.41, 5.74) is 0.133. The van der Waals surface area contributed by atoms with Gasteiger partial charge in [0, 0.05) is 24.2 Å². The number of sulfonamides is 1. The molecule has 7 nitrogen and oxygen atoms in total. The van der Waals surface area contributed by atoms with Gasteiger partial charge in [-0.3, -0.25) is 0 Å². The van der Waals surface area contributed by atoms with E-state index in [-0.39, 0.29) is 34.9 Å². The number of fused-ring (bicyclic) bond motifs is 2. The summed E-state index contributed by atoms with van der Waals surface area (Å²) in [6, 6.07) is 1.89. The largest absolute Gasteiger partial charge is 0.465 e. The van der Waals surface area contributed by atoms with Gasteiger partial charge < -0.3 is 14.5 Å². The second kappa shape index (κ2) is 6.80. The van der Waals surface area contributed by atoms with Crippen LogP contribution in [0.15, 0.2) is 15.6 Å². The summed E-state index contributed by atoms with van der Waals surface area (Å²) in [6.07, 6.45) is 3.74. The highest BCUT2D eigenvalue weighted by Gasteiger charge is 2.36. The quantitative estimate of drug-likeness (QED) is 0.783. The van der Waals surface area contributed by atoms with Gasteiger partial charge in [0.05, 0.1) is 7.11 Å². The zero-order valence-electron chi connectivity index (χ0n) is 13.0. The number of halogens is 1. The number of hydrogen-bond acceptors (Lipinski definition) is 6. The standard InChI is InChI=1S/C14H20N2O5S.ClH/c1-8-12(14(17)20-2)7-13(21-8)22(18,19)16-11-5-9-3-4-10(6-11)15-9;/h7,9-11,15-16H,3-6H2,1-2H3;1H. The second-order valence-electron chi connectivity index (χ2n) is 5.95. The van der Waals surface area contributed by atoms with Crippen LogP contribution < -0.4 is 10.0 Å². The van der Waals surface area contributed by atoms with Crippen LogP contribution in [-0.4, -0.2) is 39.6 Å². The molecule has 23 heavy (non-hydrogen) atoms. The summed E-state index contributed by atoms with van der Waals surface area (Å²) in [6.45, 7) is 1.54. The zero-order chi connectivity index (χ0) is 15.9. The first-order valence-electron chi connectivity index (χ1n) is 7.36. The Kier molecular flexibility index (Phi) is 5.40. The summed E-state index contributed by atoms with van der Waals surface area (Å²) in [5, 5.41) is 3.22. The molecule has 0 aliphatic carbocycles. The van der Waals surface area contributed by atoms with Gasteiger partial charge in [-0.1, -0.05) is 0 Å². The smallest absolute Gasteiger partial charge is 0.341 e. The van der Waals surface area contributed by atoms with Crippen LogP contribution in [0.25, 0.3) is 0 Å². The first-order chi connectivity index (χ1) is 10.4. The molecule has 1 aromatic rings. The van der Waals surface area contributed by atoms with Gasteiger partial charge in [0.15, 0.2) is 0 Å². The summed E-state index contributed by atoms with van der Waals surface area (Å²) in [7, 11) is -2.53. The molecule has 2 aliphatic rings. The molecule has 0 saturated carbocycles. The van der Waals surface area contributed by atoms with Crippen LogP contribution in [0.5, 0.6) is 0 Å². The minimum atomic E-state index is -3.77. The Morgan fingerprint density at radius 3 is 2.52 bits per heavy atom. The van der Waals surface area contributed by atoms with Gasteiger partial charge in [-0.2, -0.15) is 0 Å². The van der Waals surface area contributed by atoms with Crippen molar-refractivity contribution in [2.45, 2.75) is 55.8 Å². The molecule has 9 heteroatoms. The highest BCUT2D eigenvalue weighted by atomic mass is 35.5. The number of piperidine rings is 1. The van der Waals surface area contributed by atoms with Crippen LogP contribution in [0.1, 0.15) is 41.8 Å². The summed E-state index contributed by atoms with van der Waals surface area (Å²) < 4.78 is 37.4. The summed E-state index contributed by atoms with van der Waals surface area (Å²) in [5.74, 6) is -0.375. The number of esters is 1. The van der Waals surface area contributed by atoms with Gasteiger partial charge in [0.1, 0.15) is 11.3 Å². The maximum atomic E-state index is 12.4. The van der Waals surface area contributed by atoms with E-state index in [0.717, 1.165) is 25.7 Å². The molecule has 2 unspecified atom stereocenters. The molecule has 3 heterocycles. The maximum Gasteiger partial charge on any atom is 0.341 e. The summed E-state index contributed by atoms with van der Waals surface area (Å²) >= 11 is 0. The number of carbonyl (C=O) groups is 1. The van der Waals surface area contributed by atoms with Crippen LogP contribution in [0.4, 0.5) is 0 Å². The van der Waals surface area contributed by atoms with E-state index < -0.39 is 16.0 Å². The maximum absolute atomic E-state index is 12.4. The number of carbonyl (C=O) groups excluding carboxylic acids is 1. The van der Waals surface area contributed by atoms with Crippen molar-refractivity contribution >= 4 is 28.4 Å². The third-order valence-electron chi connectivity index (χ3n) is 4.36. The van der Waals surface area contributed by atoms with E-state index in [1.54, 1.807) is 0 Å². The molecule has 2 atom stereocenters. The molecule has 2 aliphatic heterocycles. The molecule has 0 aromatic carbocycles. The van der Waals surface area contributed by atoms with Crippen molar-refractivity contribution in [3.8, 4) is 0 Å². The van der Waals surface area contributed by atoms with E-state index in [1.165, 1.54) is 20.1 Å². The number of nitrogens with one attached hydrogen (secondary N) is 2. The zero-order valence-corrected chi connectivity index (χ0v) is 14.6. The average Bonchev–Trinajstić information content (AvgIpc) is 3.01. The predicted octanol–water partition coefficient (Wildman–Crippen LogP) is 1.36. The summed E-state index contributed by atoms with van der Waals surface area (Å²) in [4.78, 5) is 11.6. The van der Waals surface area contributed by atoms with Gasteiger partial charge in [-0.15, -0.1) is 12.4 Å². The molecular weight excluding hydrogens is 344 g/mol. The lowest BCUT2D eigenvalue weighted by Crippen LogP contribution is -2.47. The van der Waals surface area contributed by atoms with Gasteiger partial charge in [0.25, 0.3) is 10.0 Å². The number of rotatable bonds is 4. The first-order valence-corrected chi connectivity index (χ1v) is 8.84.